The van der Waals surface area contributed by atoms with Crippen LogP contribution in [0.2, 0.25) is 0 Å². The monoisotopic (exact) mass is 276 g/mol. The first-order valence-corrected chi connectivity index (χ1v) is 7.00. The number of hydrogen-bond acceptors (Lipinski definition) is 4. The number of nitrogens with zero attached hydrogens (tertiary/aromatic N) is 1. The van der Waals surface area contributed by atoms with E-state index < -0.39 is 0 Å². The fourth-order valence-electron chi connectivity index (χ4n) is 3.01. The van der Waals surface area contributed by atoms with Gasteiger partial charge in [0, 0.05) is 13.7 Å². The maximum atomic E-state index is 11.6. The van der Waals surface area contributed by atoms with Gasteiger partial charge in [0.1, 0.15) is 0 Å². The molecule has 0 amide bonds. The minimum atomic E-state index is -0.330. The first-order valence-electron chi connectivity index (χ1n) is 7.00. The molecule has 1 N–H and O–H groups in total. The van der Waals surface area contributed by atoms with E-state index in [0.29, 0.717) is 11.5 Å². The predicted molar refractivity (Wildman–Crippen MR) is 76.8 cm³/mol. The number of oxazole rings is 1. The van der Waals surface area contributed by atoms with Gasteiger partial charge < -0.3 is 14.5 Å². The molecule has 108 valence electrons. The molecule has 2 heterocycles. The molecule has 3 rings (SSSR count). The van der Waals surface area contributed by atoms with E-state index in [9.17, 15) is 4.79 Å². The minimum absolute atomic E-state index is 0.113. The molecule has 1 aliphatic heterocycles. The molecule has 1 aliphatic rings. The summed E-state index contributed by atoms with van der Waals surface area (Å²) < 4.78 is 12.6. The lowest BCUT2D eigenvalue weighted by Gasteiger charge is -2.26. The van der Waals surface area contributed by atoms with Gasteiger partial charge in [-0.15, -0.1) is 0 Å². The Kier molecular flexibility index (Phi) is 3.40. The molecule has 0 radical (unpaired) electrons. The summed E-state index contributed by atoms with van der Waals surface area (Å²) in [6, 6.07) is 6.01. The molecule has 2 aromatic rings. The lowest BCUT2D eigenvalue weighted by molar-refractivity contribution is 0.0631. The van der Waals surface area contributed by atoms with Crippen molar-refractivity contribution in [2.75, 3.05) is 13.7 Å². The Morgan fingerprint density at radius 2 is 2.25 bits per heavy atom. The van der Waals surface area contributed by atoms with E-state index in [1.165, 1.54) is 4.57 Å². The quantitative estimate of drug-likeness (QED) is 0.929. The highest BCUT2D eigenvalue weighted by molar-refractivity contribution is 5.73. The van der Waals surface area contributed by atoms with E-state index in [2.05, 4.69) is 12.2 Å². The van der Waals surface area contributed by atoms with Crippen LogP contribution in [0.15, 0.2) is 27.4 Å². The van der Waals surface area contributed by atoms with Gasteiger partial charge in [0.2, 0.25) is 0 Å². The van der Waals surface area contributed by atoms with Gasteiger partial charge in [-0.3, -0.25) is 4.57 Å². The number of aryl methyl sites for hydroxylation is 1. The van der Waals surface area contributed by atoms with E-state index in [-0.39, 0.29) is 17.9 Å². The highest BCUT2D eigenvalue weighted by Gasteiger charge is 2.32. The van der Waals surface area contributed by atoms with Crippen molar-refractivity contribution >= 4 is 11.1 Å². The first kappa shape index (κ1) is 13.4. The number of benzene rings is 1. The van der Waals surface area contributed by atoms with Crippen LogP contribution < -0.4 is 11.1 Å². The number of ether oxygens (including phenoxy) is 1. The minimum Gasteiger partial charge on any atom is -0.408 e. The smallest absolute Gasteiger partial charge is 0.408 e. The first-order chi connectivity index (χ1) is 9.61. The molecule has 1 aromatic carbocycles. The average Bonchev–Trinajstić information content (AvgIpc) is 2.96. The second-order valence-corrected chi connectivity index (χ2v) is 5.52. The lowest BCUT2D eigenvalue weighted by atomic mass is 9.92. The Morgan fingerprint density at radius 1 is 1.45 bits per heavy atom. The molecule has 20 heavy (non-hydrogen) atoms. The summed E-state index contributed by atoms with van der Waals surface area (Å²) in [5, 5.41) is 3.33. The molecule has 5 heteroatoms. The van der Waals surface area contributed by atoms with Crippen molar-refractivity contribution in [3.8, 4) is 0 Å². The molecular weight excluding hydrogens is 256 g/mol. The summed E-state index contributed by atoms with van der Waals surface area (Å²) in [5.41, 5.74) is 2.53. The van der Waals surface area contributed by atoms with E-state index in [1.54, 1.807) is 7.05 Å². The zero-order valence-electron chi connectivity index (χ0n) is 12.1. The van der Waals surface area contributed by atoms with E-state index in [1.807, 2.05) is 25.2 Å². The van der Waals surface area contributed by atoms with Crippen LogP contribution in [0.4, 0.5) is 0 Å². The molecule has 0 bridgehead atoms. The van der Waals surface area contributed by atoms with Crippen molar-refractivity contribution in [3.05, 3.63) is 34.3 Å². The number of nitrogens with one attached hydrogen (secondary N) is 1. The van der Waals surface area contributed by atoms with Crippen LogP contribution in [0.1, 0.15) is 24.9 Å². The van der Waals surface area contributed by atoms with E-state index in [0.717, 1.165) is 24.1 Å². The van der Waals surface area contributed by atoms with Gasteiger partial charge in [0.05, 0.1) is 17.7 Å². The molecule has 5 nitrogen and oxygen atoms in total. The molecule has 0 saturated carbocycles. The van der Waals surface area contributed by atoms with Gasteiger partial charge in [-0.25, -0.2) is 4.79 Å². The Hall–Kier alpha value is -1.59. The maximum absolute atomic E-state index is 11.6. The summed E-state index contributed by atoms with van der Waals surface area (Å²) in [6.07, 6.45) is 1.25. The molecular formula is C15H20N2O3. The zero-order valence-corrected chi connectivity index (χ0v) is 12.1. The van der Waals surface area contributed by atoms with Crippen molar-refractivity contribution in [1.82, 2.24) is 9.88 Å². The van der Waals surface area contributed by atoms with Crippen molar-refractivity contribution in [2.24, 2.45) is 13.0 Å². The second kappa shape index (κ2) is 5.07. The van der Waals surface area contributed by atoms with Gasteiger partial charge in [-0.05, 0) is 37.1 Å². The van der Waals surface area contributed by atoms with Crippen molar-refractivity contribution in [1.29, 1.82) is 0 Å². The van der Waals surface area contributed by atoms with Gasteiger partial charge >= 0.3 is 5.76 Å². The fraction of sp³-hybridized carbons (Fsp3) is 0.533. The SMILES string of the molecule is CNC(c1ccc2c(c1)oc(=O)n2C)C1OCCC1C. The summed E-state index contributed by atoms with van der Waals surface area (Å²) >= 11 is 0. The van der Waals surface area contributed by atoms with Gasteiger partial charge in [-0.2, -0.15) is 0 Å². The Bertz CT molecular complexity index is 673. The molecule has 0 spiro atoms. The molecule has 1 aromatic heterocycles. The van der Waals surface area contributed by atoms with Crippen molar-refractivity contribution < 1.29 is 9.15 Å². The molecule has 3 unspecified atom stereocenters. The van der Waals surface area contributed by atoms with Crippen LogP contribution in [0.3, 0.4) is 0 Å². The van der Waals surface area contributed by atoms with E-state index in [4.69, 9.17) is 9.15 Å². The van der Waals surface area contributed by atoms with Gasteiger partial charge in [-0.1, -0.05) is 13.0 Å². The Labute approximate surface area is 117 Å². The third-order valence-electron chi connectivity index (χ3n) is 4.26. The molecule has 3 atom stereocenters. The van der Waals surface area contributed by atoms with E-state index >= 15 is 0 Å². The van der Waals surface area contributed by atoms with Crippen molar-refractivity contribution in [2.45, 2.75) is 25.5 Å². The highest BCUT2D eigenvalue weighted by atomic mass is 16.5. The molecule has 1 fully saturated rings. The predicted octanol–water partition coefficient (Wildman–Crippen LogP) is 1.82. The highest BCUT2D eigenvalue weighted by Crippen LogP contribution is 2.32. The fourth-order valence-corrected chi connectivity index (χ4v) is 3.01. The third kappa shape index (κ3) is 2.07. The summed E-state index contributed by atoms with van der Waals surface area (Å²) in [7, 11) is 3.65. The number of fused-ring (bicyclic) bond motifs is 1. The number of hydrogen-bond donors (Lipinski definition) is 1. The second-order valence-electron chi connectivity index (χ2n) is 5.52. The summed E-state index contributed by atoms with van der Waals surface area (Å²) in [4.78, 5) is 11.6. The molecule has 1 saturated heterocycles. The zero-order chi connectivity index (χ0) is 14.3. The number of aromatic nitrogens is 1. The van der Waals surface area contributed by atoms with Crippen LogP contribution >= 0.6 is 0 Å². The number of rotatable bonds is 3. The molecule has 0 aliphatic carbocycles. The summed E-state index contributed by atoms with van der Waals surface area (Å²) in [6.45, 7) is 3.02. The number of likely N-dealkylation sites (N-methyl/N-ethyl adjacent to an activating group) is 1. The third-order valence-corrected chi connectivity index (χ3v) is 4.26. The maximum Gasteiger partial charge on any atom is 0.419 e. The van der Waals surface area contributed by atoms with Gasteiger partial charge in [0.15, 0.2) is 5.58 Å². The van der Waals surface area contributed by atoms with Crippen LogP contribution in [0.25, 0.3) is 11.1 Å². The topological polar surface area (TPSA) is 56.4 Å². The van der Waals surface area contributed by atoms with Crippen molar-refractivity contribution in [3.63, 3.8) is 0 Å². The Balaban J connectivity index is 2.01. The van der Waals surface area contributed by atoms with Crippen LogP contribution in [-0.2, 0) is 11.8 Å². The van der Waals surface area contributed by atoms with Gasteiger partial charge in [0.25, 0.3) is 0 Å². The summed E-state index contributed by atoms with van der Waals surface area (Å²) in [5.74, 6) is 0.189. The lowest BCUT2D eigenvalue weighted by Crippen LogP contribution is -2.32. The van der Waals surface area contributed by atoms with Crippen LogP contribution in [0, 0.1) is 5.92 Å². The standard InChI is InChI=1S/C15H20N2O3/c1-9-6-7-19-14(9)13(16-2)10-4-5-11-12(8-10)20-15(18)17(11)3/h4-5,8-9,13-14,16H,6-7H2,1-3H3. The Morgan fingerprint density at radius 3 is 2.90 bits per heavy atom. The largest absolute Gasteiger partial charge is 0.419 e. The average molecular weight is 276 g/mol. The van der Waals surface area contributed by atoms with Crippen LogP contribution in [0.5, 0.6) is 0 Å². The normalized spacial score (nSPS) is 24.4. The van der Waals surface area contributed by atoms with Crippen LogP contribution in [-0.4, -0.2) is 24.3 Å².